The van der Waals surface area contributed by atoms with Gasteiger partial charge in [-0.3, -0.25) is 10.2 Å². The summed E-state index contributed by atoms with van der Waals surface area (Å²) in [6.45, 7) is 1.80. The maximum Gasteiger partial charge on any atom is 0.270 e. The standard InChI is InChI=1S/C18H20N6O2/c1-10-6-11(8-19)9-20-16(10)18(25)22-12-2-3-14-13(7-12)17(24-23-14)15-4-5-21-26-15/h4-6,9,12-14,17,23-24H,2-3,7H2,1H3,(H,22,25). The summed E-state index contributed by atoms with van der Waals surface area (Å²) in [5, 5.41) is 15.8. The first kappa shape index (κ1) is 16.7. The lowest BCUT2D eigenvalue weighted by Crippen LogP contribution is -2.44. The Bertz CT molecular complexity index is 844. The monoisotopic (exact) mass is 352 g/mol. The van der Waals surface area contributed by atoms with E-state index in [1.807, 2.05) is 12.1 Å². The molecule has 134 valence electrons. The van der Waals surface area contributed by atoms with Crippen molar-refractivity contribution in [1.82, 2.24) is 26.3 Å². The Kier molecular flexibility index (Phi) is 4.41. The number of nitrogens with one attached hydrogen (secondary N) is 3. The maximum absolute atomic E-state index is 12.6. The first-order chi connectivity index (χ1) is 12.7. The molecule has 2 fully saturated rings. The predicted octanol–water partition coefficient (Wildman–Crippen LogP) is 1.37. The van der Waals surface area contributed by atoms with Crippen LogP contribution in [0.2, 0.25) is 0 Å². The van der Waals surface area contributed by atoms with E-state index in [1.165, 1.54) is 6.20 Å². The number of rotatable bonds is 3. The number of fused-ring (bicyclic) bond motifs is 1. The van der Waals surface area contributed by atoms with E-state index in [-0.39, 0.29) is 18.0 Å². The largest absolute Gasteiger partial charge is 0.360 e. The Hall–Kier alpha value is -2.76. The highest BCUT2D eigenvalue weighted by Crippen LogP contribution is 2.37. The van der Waals surface area contributed by atoms with E-state index in [4.69, 9.17) is 9.78 Å². The van der Waals surface area contributed by atoms with Crippen molar-refractivity contribution in [2.24, 2.45) is 5.92 Å². The summed E-state index contributed by atoms with van der Waals surface area (Å²) in [5.41, 5.74) is 8.16. The summed E-state index contributed by atoms with van der Waals surface area (Å²) < 4.78 is 5.31. The van der Waals surface area contributed by atoms with Crippen LogP contribution in [0.3, 0.4) is 0 Å². The summed E-state index contributed by atoms with van der Waals surface area (Å²) in [5.74, 6) is 0.934. The molecule has 4 unspecified atom stereocenters. The third-order valence-corrected chi connectivity index (χ3v) is 5.27. The Morgan fingerprint density at radius 3 is 3.04 bits per heavy atom. The fraction of sp³-hybridized carbons (Fsp3) is 0.444. The molecule has 3 heterocycles. The van der Waals surface area contributed by atoms with Crippen LogP contribution in [0, 0.1) is 24.2 Å². The minimum absolute atomic E-state index is 0.0528. The molecule has 0 spiro atoms. The molecule has 1 amide bonds. The van der Waals surface area contributed by atoms with E-state index < -0.39 is 0 Å². The van der Waals surface area contributed by atoms with Crippen molar-refractivity contribution in [3.05, 3.63) is 47.1 Å². The fourth-order valence-electron chi connectivity index (χ4n) is 3.98. The molecular formula is C18H20N6O2. The predicted molar refractivity (Wildman–Crippen MR) is 91.6 cm³/mol. The minimum Gasteiger partial charge on any atom is -0.360 e. The van der Waals surface area contributed by atoms with Crippen molar-refractivity contribution in [1.29, 1.82) is 5.26 Å². The third kappa shape index (κ3) is 3.07. The van der Waals surface area contributed by atoms with E-state index in [0.29, 0.717) is 28.8 Å². The maximum atomic E-state index is 12.6. The Labute approximate surface area is 150 Å². The van der Waals surface area contributed by atoms with Crippen LogP contribution in [0.15, 0.2) is 29.0 Å². The number of pyridine rings is 1. The lowest BCUT2D eigenvalue weighted by atomic mass is 9.78. The normalized spacial score (nSPS) is 27.5. The van der Waals surface area contributed by atoms with E-state index in [1.54, 1.807) is 19.2 Å². The first-order valence-corrected chi connectivity index (χ1v) is 8.75. The molecule has 1 saturated carbocycles. The number of hydrogen-bond donors (Lipinski definition) is 3. The molecule has 1 aliphatic heterocycles. The minimum atomic E-state index is -0.189. The molecule has 4 atom stereocenters. The summed E-state index contributed by atoms with van der Waals surface area (Å²) in [4.78, 5) is 16.8. The molecule has 2 aliphatic rings. The average molecular weight is 352 g/mol. The van der Waals surface area contributed by atoms with E-state index in [9.17, 15) is 4.79 Å². The van der Waals surface area contributed by atoms with Crippen LogP contribution < -0.4 is 16.2 Å². The molecule has 1 saturated heterocycles. The molecule has 8 heteroatoms. The SMILES string of the molecule is Cc1cc(C#N)cnc1C(=O)NC1CCC2NNC(c3ccno3)C2C1. The van der Waals surface area contributed by atoms with Gasteiger partial charge in [0.15, 0.2) is 5.76 Å². The number of carbonyl (C=O) groups excluding carboxylic acids is 1. The van der Waals surface area contributed by atoms with Crippen molar-refractivity contribution < 1.29 is 9.32 Å². The quantitative estimate of drug-likeness (QED) is 0.764. The van der Waals surface area contributed by atoms with Crippen LogP contribution in [0.25, 0.3) is 0 Å². The number of carbonyl (C=O) groups is 1. The van der Waals surface area contributed by atoms with Crippen LogP contribution >= 0.6 is 0 Å². The van der Waals surface area contributed by atoms with Crippen molar-refractivity contribution in [2.45, 2.75) is 44.3 Å². The lowest BCUT2D eigenvalue weighted by molar-refractivity contribution is 0.0908. The highest BCUT2D eigenvalue weighted by molar-refractivity contribution is 5.93. The zero-order valence-electron chi connectivity index (χ0n) is 14.4. The Morgan fingerprint density at radius 1 is 1.42 bits per heavy atom. The number of amides is 1. The number of hydrazine groups is 1. The van der Waals surface area contributed by atoms with Gasteiger partial charge in [0.25, 0.3) is 5.91 Å². The zero-order chi connectivity index (χ0) is 18.1. The summed E-state index contributed by atoms with van der Waals surface area (Å²) in [7, 11) is 0. The van der Waals surface area contributed by atoms with E-state index >= 15 is 0 Å². The van der Waals surface area contributed by atoms with Gasteiger partial charge in [0.2, 0.25) is 0 Å². The molecule has 2 aromatic rings. The molecule has 0 radical (unpaired) electrons. The topological polar surface area (TPSA) is 116 Å². The lowest BCUT2D eigenvalue weighted by Gasteiger charge is -2.33. The fourth-order valence-corrected chi connectivity index (χ4v) is 3.98. The van der Waals surface area contributed by atoms with E-state index in [2.05, 4.69) is 26.3 Å². The van der Waals surface area contributed by atoms with Gasteiger partial charge in [0.1, 0.15) is 11.8 Å². The van der Waals surface area contributed by atoms with Crippen LogP contribution in [-0.4, -0.2) is 28.1 Å². The number of nitrogens with zero attached hydrogens (tertiary/aromatic N) is 3. The van der Waals surface area contributed by atoms with Crippen molar-refractivity contribution in [3.63, 3.8) is 0 Å². The summed E-state index contributed by atoms with van der Waals surface area (Å²) >= 11 is 0. The van der Waals surface area contributed by atoms with Crippen LogP contribution in [0.1, 0.15) is 52.7 Å². The smallest absolute Gasteiger partial charge is 0.270 e. The third-order valence-electron chi connectivity index (χ3n) is 5.27. The number of nitriles is 1. The van der Waals surface area contributed by atoms with Gasteiger partial charge in [-0.2, -0.15) is 5.26 Å². The van der Waals surface area contributed by atoms with Gasteiger partial charge < -0.3 is 9.84 Å². The molecule has 0 bridgehead atoms. The molecule has 8 nitrogen and oxygen atoms in total. The molecule has 4 rings (SSSR count). The van der Waals surface area contributed by atoms with Crippen LogP contribution in [0.5, 0.6) is 0 Å². The van der Waals surface area contributed by atoms with Crippen LogP contribution in [-0.2, 0) is 0 Å². The first-order valence-electron chi connectivity index (χ1n) is 8.75. The number of hydrogen-bond acceptors (Lipinski definition) is 7. The summed E-state index contributed by atoms with van der Waals surface area (Å²) in [6.07, 6.45) is 5.79. The highest BCUT2D eigenvalue weighted by Gasteiger charge is 2.42. The van der Waals surface area contributed by atoms with Gasteiger partial charge in [-0.1, -0.05) is 5.16 Å². The van der Waals surface area contributed by atoms with Crippen molar-refractivity contribution in [2.75, 3.05) is 0 Å². The molecule has 2 aromatic heterocycles. The number of aryl methyl sites for hydroxylation is 1. The zero-order valence-corrected chi connectivity index (χ0v) is 14.4. The second kappa shape index (κ2) is 6.86. The second-order valence-corrected chi connectivity index (χ2v) is 6.94. The average Bonchev–Trinajstić information content (AvgIpc) is 3.30. The summed E-state index contributed by atoms with van der Waals surface area (Å²) in [6, 6.07) is 6.07. The van der Waals surface area contributed by atoms with E-state index in [0.717, 1.165) is 25.0 Å². The number of aromatic nitrogens is 2. The Morgan fingerprint density at radius 2 is 2.31 bits per heavy atom. The molecule has 26 heavy (non-hydrogen) atoms. The molecule has 0 aromatic carbocycles. The van der Waals surface area contributed by atoms with Gasteiger partial charge in [0, 0.05) is 30.3 Å². The molecule has 1 aliphatic carbocycles. The highest BCUT2D eigenvalue weighted by atomic mass is 16.5. The second-order valence-electron chi connectivity index (χ2n) is 6.94. The van der Waals surface area contributed by atoms with Gasteiger partial charge in [-0.15, -0.1) is 0 Å². The van der Waals surface area contributed by atoms with Crippen molar-refractivity contribution >= 4 is 5.91 Å². The van der Waals surface area contributed by atoms with Crippen molar-refractivity contribution in [3.8, 4) is 6.07 Å². The van der Waals surface area contributed by atoms with Crippen LogP contribution in [0.4, 0.5) is 0 Å². The van der Waals surface area contributed by atoms with Gasteiger partial charge in [0.05, 0.1) is 17.8 Å². The Balaban J connectivity index is 1.44. The van der Waals surface area contributed by atoms with Gasteiger partial charge in [-0.25, -0.2) is 10.4 Å². The molecular weight excluding hydrogens is 332 g/mol. The molecule has 3 N–H and O–H groups in total. The van der Waals surface area contributed by atoms with Gasteiger partial charge >= 0.3 is 0 Å². The van der Waals surface area contributed by atoms with Gasteiger partial charge in [-0.05, 0) is 37.8 Å².